The monoisotopic (exact) mass is 553 g/mol. The van der Waals surface area contributed by atoms with Gasteiger partial charge in [-0.15, -0.1) is 0 Å². The summed E-state index contributed by atoms with van der Waals surface area (Å²) in [5, 5.41) is 0.456. The number of H-pyrrole nitrogens is 1. The summed E-state index contributed by atoms with van der Waals surface area (Å²) in [4.78, 5) is 22.7. The first kappa shape index (κ1) is 27.6. The van der Waals surface area contributed by atoms with E-state index in [0.717, 1.165) is 18.4 Å². The van der Waals surface area contributed by atoms with E-state index in [1.165, 1.54) is 16.4 Å². The van der Waals surface area contributed by atoms with Gasteiger partial charge in [0, 0.05) is 45.3 Å². The van der Waals surface area contributed by atoms with Crippen LogP contribution >= 0.6 is 11.6 Å². The molecule has 1 aromatic carbocycles. The van der Waals surface area contributed by atoms with Gasteiger partial charge in [-0.25, -0.2) is 17.8 Å². The fourth-order valence-corrected chi connectivity index (χ4v) is 6.36. The number of halogens is 2. The quantitative estimate of drug-likeness (QED) is 0.412. The molecule has 4 rings (SSSR count). The van der Waals surface area contributed by atoms with E-state index in [9.17, 15) is 17.6 Å². The van der Waals surface area contributed by atoms with Crippen molar-refractivity contribution in [2.24, 2.45) is 7.05 Å². The summed E-state index contributed by atoms with van der Waals surface area (Å²) in [5.74, 6) is 0.642. The molecule has 0 saturated carbocycles. The molecule has 0 bridgehead atoms. The van der Waals surface area contributed by atoms with Crippen LogP contribution in [-0.2, 0) is 23.5 Å². The van der Waals surface area contributed by atoms with Crippen molar-refractivity contribution in [3.63, 3.8) is 0 Å². The summed E-state index contributed by atoms with van der Waals surface area (Å²) in [6.45, 7) is 5.72. The van der Waals surface area contributed by atoms with E-state index >= 15 is 0 Å². The SMILES string of the molecule is CCCOc1ccc(S(=O)(=O)N2CCN(CCF)CC2)cc1-c1nc2c(CCC)c(Cl)n(C)c2c(=O)[nH]1. The van der Waals surface area contributed by atoms with Crippen molar-refractivity contribution in [2.45, 2.75) is 38.0 Å². The Balaban J connectivity index is 1.81. The van der Waals surface area contributed by atoms with Gasteiger partial charge in [0.25, 0.3) is 5.56 Å². The fraction of sp³-hybridized carbons (Fsp3) is 0.520. The van der Waals surface area contributed by atoms with Crippen molar-refractivity contribution in [2.75, 3.05) is 46.0 Å². The molecule has 0 atom stereocenters. The number of nitrogens with zero attached hydrogens (tertiary/aromatic N) is 4. The van der Waals surface area contributed by atoms with E-state index in [2.05, 4.69) is 4.98 Å². The van der Waals surface area contributed by atoms with Crippen LogP contribution in [0.5, 0.6) is 5.75 Å². The molecule has 0 unspecified atom stereocenters. The molecule has 3 aromatic rings. The summed E-state index contributed by atoms with van der Waals surface area (Å²) in [7, 11) is -2.11. The molecule has 0 spiro atoms. The predicted molar refractivity (Wildman–Crippen MR) is 143 cm³/mol. The number of hydrogen-bond donors (Lipinski definition) is 1. The first-order chi connectivity index (χ1) is 17.7. The summed E-state index contributed by atoms with van der Waals surface area (Å²) in [6.07, 6.45) is 2.22. The van der Waals surface area contributed by atoms with E-state index in [1.807, 2.05) is 18.7 Å². The van der Waals surface area contributed by atoms with Crippen LogP contribution in [0.1, 0.15) is 32.3 Å². The number of ether oxygens (including phenoxy) is 1. The lowest BCUT2D eigenvalue weighted by Gasteiger charge is -2.33. The van der Waals surface area contributed by atoms with Crippen molar-refractivity contribution in [3.8, 4) is 17.1 Å². The van der Waals surface area contributed by atoms with Crippen LogP contribution in [0.3, 0.4) is 0 Å². The molecular formula is C25H33ClFN5O4S. The number of alkyl halides is 1. The average molecular weight is 554 g/mol. The van der Waals surface area contributed by atoms with Crippen molar-refractivity contribution in [3.05, 3.63) is 39.3 Å². The lowest BCUT2D eigenvalue weighted by Crippen LogP contribution is -2.49. The normalized spacial score (nSPS) is 15.5. The molecule has 0 amide bonds. The molecule has 37 heavy (non-hydrogen) atoms. The van der Waals surface area contributed by atoms with Crippen molar-refractivity contribution in [1.82, 2.24) is 23.7 Å². The first-order valence-corrected chi connectivity index (χ1v) is 14.4. The number of aromatic amines is 1. The highest BCUT2D eigenvalue weighted by molar-refractivity contribution is 7.89. The Morgan fingerprint density at radius 1 is 1.16 bits per heavy atom. The Kier molecular flexibility index (Phi) is 8.57. The molecule has 0 radical (unpaired) electrons. The molecule has 1 aliphatic heterocycles. The standard InChI is InChI=1S/C25H33ClFN5O4S/c1-4-6-18-21-22(30(3)23(18)26)25(33)29-24(28-21)19-16-17(7-8-20(19)36-15-5-2)37(34,35)32-13-11-31(10-9-27)12-14-32/h7-8,16H,4-6,9-15H2,1-3H3,(H,28,29,33). The topological polar surface area (TPSA) is 101 Å². The number of sulfonamides is 1. The van der Waals surface area contributed by atoms with Gasteiger partial charge in [-0.2, -0.15) is 4.31 Å². The van der Waals surface area contributed by atoms with Gasteiger partial charge in [0.2, 0.25) is 10.0 Å². The van der Waals surface area contributed by atoms with Gasteiger partial charge in [-0.1, -0.05) is 31.9 Å². The van der Waals surface area contributed by atoms with E-state index < -0.39 is 16.7 Å². The summed E-state index contributed by atoms with van der Waals surface area (Å²) in [5.41, 5.74) is 1.65. The van der Waals surface area contributed by atoms with E-state index in [4.69, 9.17) is 21.3 Å². The summed E-state index contributed by atoms with van der Waals surface area (Å²) < 4.78 is 48.6. The number of benzene rings is 1. The molecule has 1 N–H and O–H groups in total. The highest BCUT2D eigenvalue weighted by atomic mass is 35.5. The average Bonchev–Trinajstić information content (AvgIpc) is 3.13. The van der Waals surface area contributed by atoms with E-state index in [0.29, 0.717) is 60.2 Å². The minimum Gasteiger partial charge on any atom is -0.493 e. The first-order valence-electron chi connectivity index (χ1n) is 12.6. The lowest BCUT2D eigenvalue weighted by atomic mass is 10.1. The number of aromatic nitrogens is 3. The second kappa shape index (κ2) is 11.5. The number of piperazine rings is 1. The van der Waals surface area contributed by atoms with Crippen LogP contribution in [0.25, 0.3) is 22.4 Å². The van der Waals surface area contributed by atoms with Crippen molar-refractivity contribution in [1.29, 1.82) is 0 Å². The second-order valence-electron chi connectivity index (χ2n) is 9.13. The smallest absolute Gasteiger partial charge is 0.275 e. The number of rotatable bonds is 10. The second-order valence-corrected chi connectivity index (χ2v) is 11.4. The zero-order valence-electron chi connectivity index (χ0n) is 21.4. The van der Waals surface area contributed by atoms with Crippen LogP contribution in [0, 0.1) is 0 Å². The van der Waals surface area contributed by atoms with E-state index in [1.54, 1.807) is 17.7 Å². The van der Waals surface area contributed by atoms with Gasteiger partial charge in [0.15, 0.2) is 0 Å². The minimum absolute atomic E-state index is 0.0768. The molecule has 9 nitrogen and oxygen atoms in total. The maximum Gasteiger partial charge on any atom is 0.275 e. The van der Waals surface area contributed by atoms with Gasteiger partial charge >= 0.3 is 0 Å². The fourth-order valence-electron chi connectivity index (χ4n) is 4.64. The zero-order chi connectivity index (χ0) is 26.7. The van der Waals surface area contributed by atoms with Gasteiger partial charge in [0.1, 0.15) is 34.4 Å². The number of aryl methyl sites for hydroxylation is 2. The van der Waals surface area contributed by atoms with Crippen molar-refractivity contribution >= 4 is 32.7 Å². The zero-order valence-corrected chi connectivity index (χ0v) is 23.0. The molecule has 1 saturated heterocycles. The molecule has 2 aromatic heterocycles. The minimum atomic E-state index is -3.83. The van der Waals surface area contributed by atoms with Gasteiger partial charge in [0.05, 0.1) is 17.1 Å². The molecule has 0 aliphatic carbocycles. The molecule has 1 aliphatic rings. The highest BCUT2D eigenvalue weighted by Crippen LogP contribution is 2.34. The Labute approximate surface area is 221 Å². The number of hydrogen-bond acceptors (Lipinski definition) is 6. The van der Waals surface area contributed by atoms with Gasteiger partial charge in [-0.05, 0) is 31.0 Å². The Morgan fingerprint density at radius 2 is 1.89 bits per heavy atom. The maximum atomic E-state index is 13.5. The predicted octanol–water partition coefficient (Wildman–Crippen LogP) is 3.60. The Bertz CT molecular complexity index is 1430. The molecule has 12 heteroatoms. The number of nitrogens with one attached hydrogen (secondary N) is 1. The Morgan fingerprint density at radius 3 is 2.54 bits per heavy atom. The third-order valence-electron chi connectivity index (χ3n) is 6.60. The van der Waals surface area contributed by atoms with Crippen molar-refractivity contribution < 1.29 is 17.5 Å². The lowest BCUT2D eigenvalue weighted by molar-refractivity contribution is 0.177. The summed E-state index contributed by atoms with van der Waals surface area (Å²) >= 11 is 6.52. The maximum absolute atomic E-state index is 13.5. The largest absolute Gasteiger partial charge is 0.493 e. The molecule has 1 fully saturated rings. The molecule has 202 valence electrons. The van der Waals surface area contributed by atoms with Crippen LogP contribution < -0.4 is 10.3 Å². The van der Waals surface area contributed by atoms with Crippen LogP contribution in [0.2, 0.25) is 5.15 Å². The molecular weight excluding hydrogens is 521 g/mol. The van der Waals surface area contributed by atoms with Gasteiger partial charge in [-0.3, -0.25) is 9.69 Å². The van der Waals surface area contributed by atoms with Gasteiger partial charge < -0.3 is 14.3 Å². The van der Waals surface area contributed by atoms with E-state index in [-0.39, 0.29) is 29.4 Å². The third kappa shape index (κ3) is 5.41. The number of fused-ring (bicyclic) bond motifs is 1. The van der Waals surface area contributed by atoms with Crippen LogP contribution in [-0.4, -0.2) is 78.2 Å². The van der Waals surface area contributed by atoms with Crippen LogP contribution in [0.15, 0.2) is 27.9 Å². The Hall–Kier alpha value is -2.47. The third-order valence-corrected chi connectivity index (χ3v) is 8.97. The van der Waals surface area contributed by atoms with Crippen LogP contribution in [0.4, 0.5) is 4.39 Å². The highest BCUT2D eigenvalue weighted by Gasteiger charge is 2.30. The summed E-state index contributed by atoms with van der Waals surface area (Å²) in [6, 6.07) is 4.62. The molecule has 3 heterocycles.